The molecule has 0 aliphatic heterocycles. The number of hydrogen-bond donors (Lipinski definition) is 3. The predicted octanol–water partition coefficient (Wildman–Crippen LogP) is 2.13. The number of aliphatic hydroxyl groups is 2. The minimum Gasteiger partial charge on any atom is -0.393 e. The maximum atomic E-state index is 12.3. The molecular formula is C21H30O6. The van der Waals surface area contributed by atoms with Gasteiger partial charge in [0.15, 0.2) is 17.7 Å². The molecule has 27 heavy (non-hydrogen) atoms. The van der Waals surface area contributed by atoms with Crippen LogP contribution in [-0.4, -0.2) is 45.9 Å². The van der Waals surface area contributed by atoms with Crippen molar-refractivity contribution in [1.29, 1.82) is 0 Å². The first-order chi connectivity index (χ1) is 12.8. The van der Waals surface area contributed by atoms with Crippen LogP contribution in [0.1, 0.15) is 52.4 Å². The Bertz CT molecular complexity index is 686. The number of aliphatic hydroxyl groups excluding tert-OH is 2. The largest absolute Gasteiger partial charge is 0.393 e. The minimum atomic E-state index is -0.870. The number of hydrogen-bond acceptors (Lipinski definition) is 6. The van der Waals surface area contributed by atoms with Gasteiger partial charge >= 0.3 is 0 Å². The summed E-state index contributed by atoms with van der Waals surface area (Å²) in [6.07, 6.45) is 4.51. The van der Waals surface area contributed by atoms with Crippen LogP contribution in [0.4, 0.5) is 0 Å². The van der Waals surface area contributed by atoms with Gasteiger partial charge < -0.3 is 10.2 Å². The molecule has 1 unspecified atom stereocenters. The second-order valence-electron chi connectivity index (χ2n) is 9.65. The summed E-state index contributed by atoms with van der Waals surface area (Å²) in [4.78, 5) is 28.9. The van der Waals surface area contributed by atoms with Gasteiger partial charge in [-0.2, -0.15) is 0 Å². The van der Waals surface area contributed by atoms with Crippen LogP contribution in [0.25, 0.3) is 0 Å². The molecule has 3 fully saturated rings. The smallest absolute Gasteiger partial charge is 0.187 e. The molecule has 3 N–H and O–H groups in total. The Morgan fingerprint density at radius 1 is 1.26 bits per heavy atom. The summed E-state index contributed by atoms with van der Waals surface area (Å²) in [5, 5.41) is 29.8. The van der Waals surface area contributed by atoms with E-state index in [-0.39, 0.29) is 40.2 Å². The summed E-state index contributed by atoms with van der Waals surface area (Å²) in [6.45, 7) is 3.77. The molecule has 0 amide bonds. The first-order valence-corrected chi connectivity index (χ1v) is 10.1. The fourth-order valence-corrected chi connectivity index (χ4v) is 7.46. The van der Waals surface area contributed by atoms with Gasteiger partial charge in [-0.3, -0.25) is 14.8 Å². The monoisotopic (exact) mass is 378 g/mol. The molecule has 0 spiro atoms. The molecule has 8 atom stereocenters. The maximum Gasteiger partial charge on any atom is 0.187 e. The van der Waals surface area contributed by atoms with Crippen molar-refractivity contribution in [3.05, 3.63) is 11.6 Å². The number of carbonyl (C=O) groups is 2. The van der Waals surface area contributed by atoms with Gasteiger partial charge in [0.2, 0.25) is 0 Å². The van der Waals surface area contributed by atoms with Crippen molar-refractivity contribution < 1.29 is 29.9 Å². The lowest BCUT2D eigenvalue weighted by Gasteiger charge is -2.60. The molecular weight excluding hydrogens is 348 g/mol. The highest BCUT2D eigenvalue weighted by atomic mass is 17.1. The number of carbonyl (C=O) groups excluding carboxylic acids is 2. The van der Waals surface area contributed by atoms with Crippen molar-refractivity contribution in [2.45, 2.75) is 64.6 Å². The molecule has 0 radical (unpaired) electrons. The van der Waals surface area contributed by atoms with Gasteiger partial charge in [0.05, 0.1) is 6.10 Å². The van der Waals surface area contributed by atoms with Crippen LogP contribution in [0.2, 0.25) is 0 Å². The number of fused-ring (bicyclic) bond motifs is 5. The van der Waals surface area contributed by atoms with Crippen LogP contribution >= 0.6 is 0 Å². The van der Waals surface area contributed by atoms with Crippen LogP contribution in [-0.2, 0) is 14.5 Å². The van der Waals surface area contributed by atoms with Gasteiger partial charge in [-0.15, -0.1) is 0 Å². The molecule has 4 aliphatic rings. The average Bonchev–Trinajstić information content (AvgIpc) is 2.97. The van der Waals surface area contributed by atoms with Crippen LogP contribution in [0.15, 0.2) is 11.6 Å². The third-order valence-electron chi connectivity index (χ3n) is 8.58. The zero-order chi connectivity index (χ0) is 19.6. The Morgan fingerprint density at radius 2 is 2.00 bits per heavy atom. The molecule has 0 aromatic carbocycles. The summed E-state index contributed by atoms with van der Waals surface area (Å²) < 4.78 is 0. The summed E-state index contributed by atoms with van der Waals surface area (Å²) in [5.41, 5.74) is 0.394. The van der Waals surface area contributed by atoms with Crippen LogP contribution in [0.5, 0.6) is 0 Å². The SMILES string of the molecule is C[C@]12C[C@H](O)[C@H]3[C@@H](CCC4=CC(=O)C(OO)C[C@@]43C)[C@@H]1CC[C@@H]2C(=O)CO. The molecule has 0 heterocycles. The molecule has 0 aromatic rings. The van der Waals surface area contributed by atoms with Gasteiger partial charge in [-0.25, -0.2) is 4.89 Å². The highest BCUT2D eigenvalue weighted by Crippen LogP contribution is 2.66. The van der Waals surface area contributed by atoms with Gasteiger partial charge in [0.1, 0.15) is 6.61 Å². The molecule has 0 saturated heterocycles. The van der Waals surface area contributed by atoms with Gasteiger partial charge in [0.25, 0.3) is 0 Å². The van der Waals surface area contributed by atoms with Gasteiger partial charge in [0, 0.05) is 5.92 Å². The predicted molar refractivity (Wildman–Crippen MR) is 96.6 cm³/mol. The lowest BCUT2D eigenvalue weighted by Crippen LogP contribution is -2.58. The zero-order valence-electron chi connectivity index (χ0n) is 16.1. The number of Topliss-reactive ketones (excluding diaryl/α,β-unsaturated/α-hetero) is 1. The lowest BCUT2D eigenvalue weighted by atomic mass is 9.45. The van der Waals surface area contributed by atoms with Crippen LogP contribution in [0, 0.1) is 34.5 Å². The van der Waals surface area contributed by atoms with Crippen LogP contribution < -0.4 is 0 Å². The number of ketones is 2. The fourth-order valence-electron chi connectivity index (χ4n) is 7.46. The molecule has 4 rings (SSSR count). The molecule has 150 valence electrons. The summed E-state index contributed by atoms with van der Waals surface area (Å²) in [6, 6.07) is 0. The van der Waals surface area contributed by atoms with Crippen molar-refractivity contribution in [1.82, 2.24) is 0 Å². The van der Waals surface area contributed by atoms with E-state index in [1.165, 1.54) is 0 Å². The lowest BCUT2D eigenvalue weighted by molar-refractivity contribution is -0.279. The third kappa shape index (κ3) is 2.60. The molecule has 0 aromatic heterocycles. The molecule has 3 saturated carbocycles. The Morgan fingerprint density at radius 3 is 2.67 bits per heavy atom. The van der Waals surface area contributed by atoms with E-state index >= 15 is 0 Å². The van der Waals surface area contributed by atoms with E-state index in [2.05, 4.69) is 18.7 Å². The third-order valence-corrected chi connectivity index (χ3v) is 8.58. The molecule has 4 aliphatic carbocycles. The molecule has 0 bridgehead atoms. The Kier molecular flexibility index (Phi) is 4.62. The first-order valence-electron chi connectivity index (χ1n) is 10.1. The average molecular weight is 378 g/mol. The Hall–Kier alpha value is -1.08. The van der Waals surface area contributed by atoms with Gasteiger partial charge in [-0.1, -0.05) is 19.4 Å². The summed E-state index contributed by atoms with van der Waals surface area (Å²) in [5.74, 6) is 0.0951. The Labute approximate surface area is 159 Å². The highest BCUT2D eigenvalue weighted by molar-refractivity contribution is 5.95. The van der Waals surface area contributed by atoms with Crippen molar-refractivity contribution >= 4 is 11.6 Å². The highest BCUT2D eigenvalue weighted by Gasteiger charge is 2.63. The van der Waals surface area contributed by atoms with E-state index in [1.807, 2.05) is 0 Å². The second-order valence-corrected chi connectivity index (χ2v) is 9.65. The molecule has 6 nitrogen and oxygen atoms in total. The number of rotatable bonds is 3. The van der Waals surface area contributed by atoms with E-state index in [0.29, 0.717) is 18.8 Å². The van der Waals surface area contributed by atoms with E-state index in [1.54, 1.807) is 6.08 Å². The van der Waals surface area contributed by atoms with E-state index in [9.17, 15) is 19.8 Å². The molecule has 6 heteroatoms. The quantitative estimate of drug-likeness (QED) is 0.513. The maximum absolute atomic E-state index is 12.3. The summed E-state index contributed by atoms with van der Waals surface area (Å²) >= 11 is 0. The van der Waals surface area contributed by atoms with E-state index in [4.69, 9.17) is 5.26 Å². The van der Waals surface area contributed by atoms with E-state index < -0.39 is 18.8 Å². The Balaban J connectivity index is 1.70. The number of allylic oxidation sites excluding steroid dienone is 1. The minimum absolute atomic E-state index is 0.00990. The second kappa shape index (κ2) is 6.48. The fraction of sp³-hybridized carbons (Fsp3) is 0.810. The van der Waals surface area contributed by atoms with Gasteiger partial charge in [-0.05, 0) is 73.2 Å². The van der Waals surface area contributed by atoms with Crippen molar-refractivity contribution in [3.8, 4) is 0 Å². The van der Waals surface area contributed by atoms with Crippen LogP contribution in [0.3, 0.4) is 0 Å². The van der Waals surface area contributed by atoms with E-state index in [0.717, 1.165) is 31.3 Å². The summed E-state index contributed by atoms with van der Waals surface area (Å²) in [7, 11) is 0. The first kappa shape index (κ1) is 19.2. The zero-order valence-corrected chi connectivity index (χ0v) is 16.1. The van der Waals surface area contributed by atoms with Crippen molar-refractivity contribution in [2.24, 2.45) is 34.5 Å². The van der Waals surface area contributed by atoms with Crippen molar-refractivity contribution in [2.75, 3.05) is 6.61 Å². The van der Waals surface area contributed by atoms with Crippen molar-refractivity contribution in [3.63, 3.8) is 0 Å². The normalized spacial score (nSPS) is 49.1. The standard InChI is InChI=1S/C21H30O6/c1-20-9-18(27-26)15(23)7-11(20)3-4-12-13-5-6-14(17(25)10-22)21(13,2)8-16(24)19(12)20/h7,12-14,16,18-19,22,24,26H,3-6,8-10H2,1-2H3/t12-,13-,14+,16-,18?,19+,20-,21-/m0/s1. The topological polar surface area (TPSA) is 104 Å².